The fraction of sp³-hybridized carbons (Fsp3) is 0.375. The third-order valence-corrected chi connectivity index (χ3v) is 6.07. The van der Waals surface area contributed by atoms with Crippen LogP contribution in [0.15, 0.2) is 35.5 Å². The zero-order valence-electron chi connectivity index (χ0n) is 13.9. The molecule has 1 saturated heterocycles. The average molecular weight is 364 g/mol. The number of amides is 1. The van der Waals surface area contributed by atoms with E-state index in [0.717, 1.165) is 11.1 Å². The zero-order chi connectivity index (χ0) is 18.0. The summed E-state index contributed by atoms with van der Waals surface area (Å²) in [6.45, 7) is 3.77. The molecular weight excluding hydrogens is 344 g/mol. The number of nitrogens with zero attached hydrogens (tertiary/aromatic N) is 3. The summed E-state index contributed by atoms with van der Waals surface area (Å²) >= 11 is 0. The van der Waals surface area contributed by atoms with E-state index in [1.165, 1.54) is 10.5 Å². The quantitative estimate of drug-likeness (QED) is 0.824. The van der Waals surface area contributed by atoms with Crippen molar-refractivity contribution in [3.63, 3.8) is 0 Å². The number of ether oxygens (including phenoxy) is 1. The van der Waals surface area contributed by atoms with Gasteiger partial charge in [0, 0.05) is 19.3 Å². The molecule has 0 atom stereocenters. The second-order valence-electron chi connectivity index (χ2n) is 5.90. The van der Waals surface area contributed by atoms with Crippen molar-refractivity contribution in [2.75, 3.05) is 26.3 Å². The molecule has 0 saturated carbocycles. The third-order valence-electron chi connectivity index (χ3n) is 4.18. The van der Waals surface area contributed by atoms with Crippen molar-refractivity contribution < 1.29 is 17.9 Å². The lowest BCUT2D eigenvalue weighted by Crippen LogP contribution is -2.40. The summed E-state index contributed by atoms with van der Waals surface area (Å²) in [5.41, 5.74) is 7.30. The fourth-order valence-electron chi connectivity index (χ4n) is 2.67. The van der Waals surface area contributed by atoms with E-state index in [9.17, 15) is 13.2 Å². The van der Waals surface area contributed by atoms with Gasteiger partial charge in [-0.3, -0.25) is 9.48 Å². The van der Waals surface area contributed by atoms with Gasteiger partial charge in [-0.25, -0.2) is 8.42 Å². The Bertz CT molecular complexity index is 885. The summed E-state index contributed by atoms with van der Waals surface area (Å²) in [6.07, 6.45) is 2.94. The molecule has 3 rings (SSSR count). The predicted molar refractivity (Wildman–Crippen MR) is 90.6 cm³/mol. The summed E-state index contributed by atoms with van der Waals surface area (Å²) in [4.78, 5) is 11.4. The molecule has 0 aliphatic carbocycles. The van der Waals surface area contributed by atoms with Crippen molar-refractivity contribution in [1.29, 1.82) is 0 Å². The first-order chi connectivity index (χ1) is 11.9. The Hall–Kier alpha value is -2.23. The van der Waals surface area contributed by atoms with Crippen LogP contribution in [0.3, 0.4) is 0 Å². The molecule has 1 fully saturated rings. The zero-order valence-corrected chi connectivity index (χ0v) is 14.7. The van der Waals surface area contributed by atoms with Crippen molar-refractivity contribution in [1.82, 2.24) is 14.1 Å². The van der Waals surface area contributed by atoms with Gasteiger partial charge in [0.2, 0.25) is 10.0 Å². The Kier molecular flexibility index (Phi) is 4.89. The van der Waals surface area contributed by atoms with E-state index in [1.54, 1.807) is 29.1 Å². The van der Waals surface area contributed by atoms with Gasteiger partial charge < -0.3 is 10.5 Å². The standard InChI is InChI=1S/C16H20N4O4S/c1-12-2-3-15(25(22,23)20-4-6-24-7-5-20)8-13(12)10-19-11-14(9-18-19)16(17)21/h2-3,8-9,11H,4-7,10H2,1H3,(H2,17,21). The molecular formula is C16H20N4O4S. The molecule has 0 bridgehead atoms. The van der Waals surface area contributed by atoms with Gasteiger partial charge in [-0.15, -0.1) is 0 Å². The van der Waals surface area contributed by atoms with Crippen LogP contribution in [-0.2, 0) is 21.3 Å². The van der Waals surface area contributed by atoms with Crippen molar-refractivity contribution >= 4 is 15.9 Å². The molecule has 2 heterocycles. The van der Waals surface area contributed by atoms with E-state index in [2.05, 4.69) is 5.10 Å². The molecule has 0 unspecified atom stereocenters. The number of aryl methyl sites for hydroxylation is 1. The Labute approximate surface area is 146 Å². The van der Waals surface area contributed by atoms with Crippen LogP contribution >= 0.6 is 0 Å². The van der Waals surface area contributed by atoms with Gasteiger partial charge in [-0.1, -0.05) is 6.07 Å². The predicted octanol–water partition coefficient (Wildman–Crippen LogP) is 0.360. The highest BCUT2D eigenvalue weighted by molar-refractivity contribution is 7.89. The first kappa shape index (κ1) is 17.6. The molecule has 0 spiro atoms. The van der Waals surface area contributed by atoms with Crippen molar-refractivity contribution in [3.05, 3.63) is 47.3 Å². The number of carbonyl (C=O) groups excluding carboxylic acids is 1. The number of nitrogens with two attached hydrogens (primary N) is 1. The topological polar surface area (TPSA) is 108 Å². The lowest BCUT2D eigenvalue weighted by molar-refractivity contribution is 0.0730. The second-order valence-corrected chi connectivity index (χ2v) is 7.83. The van der Waals surface area contributed by atoms with Crippen LogP contribution in [-0.4, -0.2) is 54.7 Å². The van der Waals surface area contributed by atoms with E-state index >= 15 is 0 Å². The van der Waals surface area contributed by atoms with Crippen LogP contribution in [0.4, 0.5) is 0 Å². The van der Waals surface area contributed by atoms with Crippen LogP contribution in [0.5, 0.6) is 0 Å². The van der Waals surface area contributed by atoms with Crippen molar-refractivity contribution in [2.24, 2.45) is 5.73 Å². The maximum Gasteiger partial charge on any atom is 0.251 e. The van der Waals surface area contributed by atoms with Gasteiger partial charge in [0.15, 0.2) is 0 Å². The number of primary amides is 1. The van der Waals surface area contributed by atoms with E-state index in [-0.39, 0.29) is 4.90 Å². The Balaban J connectivity index is 1.88. The molecule has 2 aromatic rings. The van der Waals surface area contributed by atoms with E-state index in [0.29, 0.717) is 38.4 Å². The van der Waals surface area contributed by atoms with Crippen molar-refractivity contribution in [3.8, 4) is 0 Å². The first-order valence-corrected chi connectivity index (χ1v) is 9.31. The monoisotopic (exact) mass is 364 g/mol. The van der Waals surface area contributed by atoms with Gasteiger partial charge >= 0.3 is 0 Å². The lowest BCUT2D eigenvalue weighted by Gasteiger charge is -2.26. The summed E-state index contributed by atoms with van der Waals surface area (Å²) in [5, 5.41) is 4.09. The van der Waals surface area contributed by atoms with E-state index in [1.807, 2.05) is 6.92 Å². The molecule has 1 aromatic heterocycles. The van der Waals surface area contributed by atoms with Crippen LogP contribution in [0.25, 0.3) is 0 Å². The van der Waals surface area contributed by atoms with Crippen LogP contribution in [0, 0.1) is 6.92 Å². The Morgan fingerprint density at radius 2 is 2.04 bits per heavy atom. The van der Waals surface area contributed by atoms with Crippen LogP contribution in [0.2, 0.25) is 0 Å². The minimum Gasteiger partial charge on any atom is -0.379 e. The number of benzene rings is 1. The SMILES string of the molecule is Cc1ccc(S(=O)(=O)N2CCOCC2)cc1Cn1cc(C(N)=O)cn1. The molecule has 2 N–H and O–H groups in total. The van der Waals surface area contributed by atoms with Gasteiger partial charge in [-0.05, 0) is 30.2 Å². The molecule has 1 aliphatic rings. The normalized spacial score (nSPS) is 16.0. The number of sulfonamides is 1. The number of aromatic nitrogens is 2. The molecule has 1 amide bonds. The first-order valence-electron chi connectivity index (χ1n) is 7.87. The lowest BCUT2D eigenvalue weighted by atomic mass is 10.1. The number of hydrogen-bond donors (Lipinski definition) is 1. The smallest absolute Gasteiger partial charge is 0.251 e. The summed E-state index contributed by atoms with van der Waals surface area (Å²) in [6, 6.07) is 5.05. The minimum absolute atomic E-state index is 0.247. The van der Waals surface area contributed by atoms with E-state index < -0.39 is 15.9 Å². The second kappa shape index (κ2) is 6.95. The maximum absolute atomic E-state index is 12.8. The molecule has 0 radical (unpaired) electrons. The van der Waals surface area contributed by atoms with E-state index in [4.69, 9.17) is 10.5 Å². The van der Waals surface area contributed by atoms with Crippen LogP contribution < -0.4 is 5.73 Å². The molecule has 1 aromatic carbocycles. The third kappa shape index (κ3) is 3.73. The van der Waals surface area contributed by atoms with Gasteiger partial charge in [-0.2, -0.15) is 9.40 Å². The Morgan fingerprint density at radius 3 is 2.68 bits per heavy atom. The Morgan fingerprint density at radius 1 is 1.32 bits per heavy atom. The highest BCUT2D eigenvalue weighted by Crippen LogP contribution is 2.21. The highest BCUT2D eigenvalue weighted by Gasteiger charge is 2.26. The maximum atomic E-state index is 12.8. The van der Waals surface area contributed by atoms with Crippen molar-refractivity contribution in [2.45, 2.75) is 18.4 Å². The number of rotatable bonds is 5. The molecule has 8 nitrogen and oxygen atoms in total. The molecule has 134 valence electrons. The largest absolute Gasteiger partial charge is 0.379 e. The van der Waals surface area contributed by atoms with Gasteiger partial charge in [0.1, 0.15) is 0 Å². The summed E-state index contributed by atoms with van der Waals surface area (Å²) in [7, 11) is -3.55. The number of hydrogen-bond acceptors (Lipinski definition) is 5. The molecule has 25 heavy (non-hydrogen) atoms. The minimum atomic E-state index is -3.55. The van der Waals surface area contributed by atoms with Gasteiger partial charge in [0.25, 0.3) is 5.91 Å². The summed E-state index contributed by atoms with van der Waals surface area (Å²) < 4.78 is 33.8. The van der Waals surface area contributed by atoms with Crippen LogP contribution in [0.1, 0.15) is 21.5 Å². The fourth-order valence-corrected chi connectivity index (χ4v) is 4.13. The van der Waals surface area contributed by atoms with Gasteiger partial charge in [0.05, 0.1) is 36.4 Å². The average Bonchev–Trinajstić information content (AvgIpc) is 3.06. The number of morpholine rings is 1. The molecule has 9 heteroatoms. The highest BCUT2D eigenvalue weighted by atomic mass is 32.2. The molecule has 1 aliphatic heterocycles. The number of carbonyl (C=O) groups is 1. The summed E-state index contributed by atoms with van der Waals surface area (Å²) in [5.74, 6) is -0.549.